The Labute approximate surface area is 181 Å². The summed E-state index contributed by atoms with van der Waals surface area (Å²) in [6, 6.07) is 17.1. The summed E-state index contributed by atoms with van der Waals surface area (Å²) in [6.07, 6.45) is 2.99. The first-order valence-corrected chi connectivity index (χ1v) is 11.2. The number of imidazole rings is 1. The number of sulfonamides is 1. The van der Waals surface area contributed by atoms with Crippen LogP contribution in [0.5, 0.6) is 5.75 Å². The molecule has 1 fully saturated rings. The van der Waals surface area contributed by atoms with E-state index < -0.39 is 10.0 Å². The third kappa shape index (κ3) is 4.13. The van der Waals surface area contributed by atoms with Crippen LogP contribution in [0, 0.1) is 11.3 Å². The molecule has 0 spiro atoms. The number of ether oxygens (including phenoxy) is 1. The molecular formula is C22H23N5O3S. The predicted octanol–water partition coefficient (Wildman–Crippen LogP) is 2.57. The van der Waals surface area contributed by atoms with E-state index in [1.165, 1.54) is 23.9 Å². The summed E-state index contributed by atoms with van der Waals surface area (Å²) >= 11 is 0. The van der Waals surface area contributed by atoms with Gasteiger partial charge in [-0.1, -0.05) is 30.3 Å². The number of anilines is 1. The molecule has 1 N–H and O–H groups in total. The molecule has 0 aliphatic carbocycles. The molecule has 0 saturated carbocycles. The fourth-order valence-corrected chi connectivity index (χ4v) is 5.36. The SMILES string of the molecule is COc1ccc(N[C@H]2CN(S(=O)(=O)c3cn(C)cn3)C[C@@H]2c2ccccc2)cc1C#N. The quantitative estimate of drug-likeness (QED) is 0.636. The largest absolute Gasteiger partial charge is 0.495 e. The molecule has 1 aliphatic rings. The molecule has 3 aromatic rings. The summed E-state index contributed by atoms with van der Waals surface area (Å²) in [5.41, 5.74) is 2.20. The van der Waals surface area contributed by atoms with Crippen LogP contribution in [-0.2, 0) is 17.1 Å². The summed E-state index contributed by atoms with van der Waals surface area (Å²) in [4.78, 5) is 4.04. The highest BCUT2D eigenvalue weighted by atomic mass is 32.2. The van der Waals surface area contributed by atoms with E-state index >= 15 is 0 Å². The number of nitrogens with one attached hydrogen (secondary N) is 1. The molecule has 160 valence electrons. The van der Waals surface area contributed by atoms with Crippen LogP contribution in [0.2, 0.25) is 0 Å². The molecule has 8 nitrogen and oxygen atoms in total. The van der Waals surface area contributed by atoms with Gasteiger partial charge in [-0.3, -0.25) is 0 Å². The molecule has 0 amide bonds. The lowest BCUT2D eigenvalue weighted by Crippen LogP contribution is -2.32. The first kappa shape index (κ1) is 20.9. The molecule has 2 atom stereocenters. The lowest BCUT2D eigenvalue weighted by atomic mass is 9.94. The highest BCUT2D eigenvalue weighted by molar-refractivity contribution is 7.89. The fourth-order valence-electron chi connectivity index (χ4n) is 3.90. The Kier molecular flexibility index (Phi) is 5.67. The second-order valence-corrected chi connectivity index (χ2v) is 9.38. The second-order valence-electron chi connectivity index (χ2n) is 7.49. The topological polar surface area (TPSA) is 100 Å². The van der Waals surface area contributed by atoms with Gasteiger partial charge >= 0.3 is 0 Å². The van der Waals surface area contributed by atoms with Gasteiger partial charge in [-0.25, -0.2) is 13.4 Å². The highest BCUT2D eigenvalue weighted by Crippen LogP contribution is 2.33. The third-order valence-corrected chi connectivity index (χ3v) is 7.19. The number of methoxy groups -OCH3 is 1. The number of hydrogen-bond acceptors (Lipinski definition) is 6. The average Bonchev–Trinajstić information content (AvgIpc) is 3.41. The first-order valence-electron chi connectivity index (χ1n) is 9.80. The van der Waals surface area contributed by atoms with Crippen molar-refractivity contribution in [1.82, 2.24) is 13.9 Å². The zero-order valence-corrected chi connectivity index (χ0v) is 18.1. The Morgan fingerprint density at radius 2 is 1.97 bits per heavy atom. The van der Waals surface area contributed by atoms with Gasteiger partial charge in [-0.2, -0.15) is 9.57 Å². The van der Waals surface area contributed by atoms with E-state index in [2.05, 4.69) is 16.4 Å². The summed E-state index contributed by atoms with van der Waals surface area (Å²) in [5.74, 6) is 0.436. The molecule has 2 aromatic carbocycles. The number of benzene rings is 2. The smallest absolute Gasteiger partial charge is 0.262 e. The van der Waals surface area contributed by atoms with Crippen LogP contribution in [0.25, 0.3) is 0 Å². The summed E-state index contributed by atoms with van der Waals surface area (Å²) in [6.45, 7) is 0.619. The Hall–Kier alpha value is -3.35. The molecule has 4 rings (SSSR count). The van der Waals surface area contributed by atoms with Gasteiger partial charge in [0.05, 0.1) is 19.0 Å². The first-order chi connectivity index (χ1) is 14.9. The van der Waals surface area contributed by atoms with E-state index in [4.69, 9.17) is 4.74 Å². The fraction of sp³-hybridized carbons (Fsp3) is 0.273. The molecule has 9 heteroatoms. The van der Waals surface area contributed by atoms with Crippen molar-refractivity contribution in [3.63, 3.8) is 0 Å². The van der Waals surface area contributed by atoms with Crippen LogP contribution in [0.1, 0.15) is 17.0 Å². The van der Waals surface area contributed by atoms with Crippen LogP contribution in [0.15, 0.2) is 66.1 Å². The van der Waals surface area contributed by atoms with Crippen molar-refractivity contribution in [2.45, 2.75) is 17.0 Å². The molecular weight excluding hydrogens is 414 g/mol. The standard InChI is InChI=1S/C22H23N5O3S/c1-26-14-22(24-15-26)31(28,29)27-12-19(16-6-4-3-5-7-16)20(13-27)25-18-8-9-21(30-2)17(10-18)11-23/h3-10,14-15,19-20,25H,12-13H2,1-2H3/t19-,20+/m1/s1. The monoisotopic (exact) mass is 437 g/mol. The van der Waals surface area contributed by atoms with Gasteiger partial charge in [0.2, 0.25) is 0 Å². The van der Waals surface area contributed by atoms with E-state index in [0.29, 0.717) is 17.9 Å². The minimum atomic E-state index is -3.72. The van der Waals surface area contributed by atoms with Crippen molar-refractivity contribution in [2.24, 2.45) is 7.05 Å². The summed E-state index contributed by atoms with van der Waals surface area (Å²) in [5, 5.41) is 12.9. The minimum absolute atomic E-state index is 0.0404. The molecule has 2 heterocycles. The van der Waals surface area contributed by atoms with E-state index in [1.54, 1.807) is 23.7 Å². The lowest BCUT2D eigenvalue weighted by molar-refractivity contribution is 0.413. The van der Waals surface area contributed by atoms with Crippen LogP contribution >= 0.6 is 0 Å². The number of rotatable bonds is 6. The Bertz CT molecular complexity index is 1220. The Morgan fingerprint density at radius 1 is 1.19 bits per heavy atom. The predicted molar refractivity (Wildman–Crippen MR) is 116 cm³/mol. The zero-order valence-electron chi connectivity index (χ0n) is 17.3. The number of aryl methyl sites for hydroxylation is 1. The number of nitriles is 1. The van der Waals surface area contributed by atoms with Crippen molar-refractivity contribution in [3.05, 3.63) is 72.2 Å². The molecule has 0 radical (unpaired) electrons. The Balaban J connectivity index is 1.65. The number of hydrogen-bond donors (Lipinski definition) is 1. The van der Waals surface area contributed by atoms with Gasteiger partial charge < -0.3 is 14.6 Å². The highest BCUT2D eigenvalue weighted by Gasteiger charge is 2.41. The van der Waals surface area contributed by atoms with Gasteiger partial charge in [0.15, 0.2) is 5.03 Å². The average molecular weight is 438 g/mol. The van der Waals surface area contributed by atoms with Gasteiger partial charge in [0, 0.05) is 44.0 Å². The third-order valence-electron chi connectivity index (χ3n) is 5.47. The number of nitrogens with zero attached hydrogens (tertiary/aromatic N) is 4. The van der Waals surface area contributed by atoms with Gasteiger partial charge in [0.25, 0.3) is 10.0 Å². The molecule has 1 aromatic heterocycles. The van der Waals surface area contributed by atoms with Crippen molar-refractivity contribution < 1.29 is 13.2 Å². The normalized spacial score (nSPS) is 19.1. The van der Waals surface area contributed by atoms with E-state index in [0.717, 1.165) is 11.3 Å². The van der Waals surface area contributed by atoms with Gasteiger partial charge in [0.1, 0.15) is 11.8 Å². The molecule has 1 saturated heterocycles. The van der Waals surface area contributed by atoms with Crippen LogP contribution in [-0.4, -0.2) is 48.5 Å². The summed E-state index contributed by atoms with van der Waals surface area (Å²) in [7, 11) is -0.459. The van der Waals surface area contributed by atoms with Crippen LogP contribution in [0.3, 0.4) is 0 Å². The molecule has 0 unspecified atom stereocenters. The maximum absolute atomic E-state index is 13.2. The van der Waals surface area contributed by atoms with E-state index in [9.17, 15) is 13.7 Å². The molecule has 1 aliphatic heterocycles. The zero-order chi connectivity index (χ0) is 22.0. The van der Waals surface area contributed by atoms with Gasteiger partial charge in [-0.15, -0.1) is 0 Å². The van der Waals surface area contributed by atoms with E-state index in [1.807, 2.05) is 36.4 Å². The van der Waals surface area contributed by atoms with Crippen molar-refractivity contribution in [1.29, 1.82) is 5.26 Å². The Morgan fingerprint density at radius 3 is 2.61 bits per heavy atom. The summed E-state index contributed by atoms with van der Waals surface area (Å²) < 4.78 is 34.6. The van der Waals surface area contributed by atoms with E-state index in [-0.39, 0.29) is 23.5 Å². The number of aromatic nitrogens is 2. The molecule has 0 bridgehead atoms. The lowest BCUT2D eigenvalue weighted by Gasteiger charge is -2.21. The van der Waals surface area contributed by atoms with Crippen molar-refractivity contribution in [3.8, 4) is 11.8 Å². The van der Waals surface area contributed by atoms with Crippen molar-refractivity contribution in [2.75, 3.05) is 25.5 Å². The van der Waals surface area contributed by atoms with Crippen LogP contribution < -0.4 is 10.1 Å². The van der Waals surface area contributed by atoms with Gasteiger partial charge in [-0.05, 0) is 23.8 Å². The minimum Gasteiger partial charge on any atom is -0.495 e. The van der Waals surface area contributed by atoms with Crippen LogP contribution in [0.4, 0.5) is 5.69 Å². The second kappa shape index (κ2) is 8.41. The molecule has 31 heavy (non-hydrogen) atoms. The maximum atomic E-state index is 13.2. The van der Waals surface area contributed by atoms with Crippen molar-refractivity contribution >= 4 is 15.7 Å². The maximum Gasteiger partial charge on any atom is 0.262 e.